The third kappa shape index (κ3) is 3.95. The van der Waals surface area contributed by atoms with Crippen LogP contribution in [-0.4, -0.2) is 9.97 Å². The Morgan fingerprint density at radius 2 is 0.822 bits per heavy atom. The molecule has 5 aromatic carbocycles. The number of furan rings is 1. The first-order valence-electron chi connectivity index (χ1n) is 14.9. The van der Waals surface area contributed by atoms with Crippen LogP contribution in [0.1, 0.15) is 0 Å². The van der Waals surface area contributed by atoms with Crippen molar-refractivity contribution < 1.29 is 4.42 Å². The molecular weight excluding hydrogens is 589 g/mol. The van der Waals surface area contributed by atoms with Gasteiger partial charge in [-0.05, 0) is 112 Å². The fourth-order valence-corrected chi connectivity index (χ4v) is 8.66. The fourth-order valence-electron chi connectivity index (χ4n) is 6.57. The number of fused-ring (bicyclic) bond motifs is 9. The molecule has 5 aromatic heterocycles. The average Bonchev–Trinajstić information content (AvgIpc) is 3.78. The number of pyridine rings is 2. The van der Waals surface area contributed by atoms with Crippen LogP contribution in [0.4, 0.5) is 0 Å². The summed E-state index contributed by atoms with van der Waals surface area (Å²) in [6.07, 6.45) is 3.75. The Morgan fingerprint density at radius 3 is 1.33 bits per heavy atom. The number of aromatic nitrogens is 2. The summed E-state index contributed by atoms with van der Waals surface area (Å²) in [4.78, 5) is 9.33. The van der Waals surface area contributed by atoms with E-state index >= 15 is 0 Å². The van der Waals surface area contributed by atoms with E-state index in [9.17, 15) is 0 Å². The number of rotatable bonds is 3. The minimum atomic E-state index is 0.896. The normalized spacial score (nSPS) is 12.0. The predicted molar refractivity (Wildman–Crippen MR) is 191 cm³/mol. The van der Waals surface area contributed by atoms with Gasteiger partial charge in [-0.15, -0.1) is 22.7 Å². The smallest absolute Gasteiger partial charge is 0.135 e. The molecule has 210 valence electrons. The molecule has 5 heterocycles. The second-order valence-corrected chi connectivity index (χ2v) is 13.6. The summed E-state index contributed by atoms with van der Waals surface area (Å²) in [7, 11) is 0. The topological polar surface area (TPSA) is 38.9 Å². The zero-order chi connectivity index (χ0) is 29.5. The van der Waals surface area contributed by atoms with Gasteiger partial charge in [0.2, 0.25) is 0 Å². The van der Waals surface area contributed by atoms with Gasteiger partial charge in [0, 0.05) is 43.3 Å². The monoisotopic (exact) mass is 610 g/mol. The van der Waals surface area contributed by atoms with Crippen LogP contribution in [0.3, 0.4) is 0 Å². The maximum Gasteiger partial charge on any atom is 0.135 e. The Hall–Kier alpha value is -5.36. The van der Waals surface area contributed by atoms with Crippen LogP contribution in [0, 0.1) is 0 Å². The highest BCUT2D eigenvalue weighted by atomic mass is 32.1. The maximum absolute atomic E-state index is 6.30. The molecule has 10 rings (SSSR count). The molecule has 0 fully saturated rings. The predicted octanol–water partition coefficient (Wildman–Crippen LogP) is 12.1. The Morgan fingerprint density at radius 1 is 0.378 bits per heavy atom. The lowest BCUT2D eigenvalue weighted by molar-refractivity contribution is 0.669. The van der Waals surface area contributed by atoms with Gasteiger partial charge in [-0.2, -0.15) is 0 Å². The van der Waals surface area contributed by atoms with Gasteiger partial charge in [0.25, 0.3) is 0 Å². The summed E-state index contributed by atoms with van der Waals surface area (Å²) < 4.78 is 11.3. The molecule has 3 nitrogen and oxygen atoms in total. The zero-order valence-electron chi connectivity index (χ0n) is 23.8. The second-order valence-electron chi connectivity index (χ2n) is 11.4. The van der Waals surface area contributed by atoms with E-state index in [1.165, 1.54) is 63.0 Å². The van der Waals surface area contributed by atoms with Crippen LogP contribution in [0.2, 0.25) is 0 Å². The quantitative estimate of drug-likeness (QED) is 0.200. The van der Waals surface area contributed by atoms with Gasteiger partial charge >= 0.3 is 0 Å². The van der Waals surface area contributed by atoms with Crippen LogP contribution >= 0.6 is 22.7 Å². The van der Waals surface area contributed by atoms with Gasteiger partial charge < -0.3 is 4.42 Å². The van der Waals surface area contributed by atoms with E-state index < -0.39 is 0 Å². The van der Waals surface area contributed by atoms with Gasteiger partial charge in [0.05, 0.1) is 20.4 Å². The molecular formula is C40H22N2OS2. The minimum absolute atomic E-state index is 0.896. The zero-order valence-corrected chi connectivity index (χ0v) is 25.5. The van der Waals surface area contributed by atoms with Crippen molar-refractivity contribution in [2.75, 3.05) is 0 Å². The molecule has 5 heteroatoms. The van der Waals surface area contributed by atoms with Crippen molar-refractivity contribution in [3.63, 3.8) is 0 Å². The van der Waals surface area contributed by atoms with Crippen LogP contribution in [0.5, 0.6) is 0 Å². The number of benzene rings is 5. The molecule has 10 aromatic rings. The molecule has 45 heavy (non-hydrogen) atoms. The highest BCUT2D eigenvalue weighted by molar-refractivity contribution is 7.26. The Bertz CT molecular complexity index is 2780. The lowest BCUT2D eigenvalue weighted by atomic mass is 9.97. The second kappa shape index (κ2) is 9.57. The highest BCUT2D eigenvalue weighted by Crippen LogP contribution is 2.39. The largest absolute Gasteiger partial charge is 0.456 e. The third-order valence-electron chi connectivity index (χ3n) is 8.78. The number of thiophene rings is 2. The minimum Gasteiger partial charge on any atom is -0.456 e. The Balaban J connectivity index is 1.07. The molecule has 0 aliphatic heterocycles. The van der Waals surface area contributed by atoms with Crippen LogP contribution in [0.25, 0.3) is 95.9 Å². The summed E-state index contributed by atoms with van der Waals surface area (Å²) in [5.74, 6) is 0. The first-order valence-corrected chi connectivity index (χ1v) is 16.5. The molecule has 0 spiro atoms. The molecule has 0 unspecified atom stereocenters. The molecule has 0 atom stereocenters. The fraction of sp³-hybridized carbons (Fsp3) is 0. The van der Waals surface area contributed by atoms with Crippen LogP contribution < -0.4 is 0 Å². The van der Waals surface area contributed by atoms with Gasteiger partial charge in [-0.1, -0.05) is 42.5 Å². The third-order valence-corrected chi connectivity index (χ3v) is 11.0. The maximum atomic E-state index is 6.30. The van der Waals surface area contributed by atoms with Crippen LogP contribution in [0.15, 0.2) is 138 Å². The molecule has 0 aliphatic carbocycles. The Kier molecular flexibility index (Phi) is 5.32. The van der Waals surface area contributed by atoms with Gasteiger partial charge in [-0.3, -0.25) is 9.97 Å². The van der Waals surface area contributed by atoms with E-state index in [1.807, 2.05) is 24.5 Å². The number of hydrogen-bond acceptors (Lipinski definition) is 5. The standard InChI is InChI=1S/C40H22N2OS2/c1-4-23(18-24(5-1)27-10-14-35-31(21-27)39-37(44-35)6-2-16-41-39)25-8-12-33-29(19-25)30-20-26(9-13-34(30)43-33)28-11-15-36-32(22-28)40-38(45-36)7-3-17-42-40/h1-22H. The molecule has 0 bridgehead atoms. The Labute approximate surface area is 265 Å². The number of nitrogens with zero attached hydrogens (tertiary/aromatic N) is 2. The van der Waals surface area contributed by atoms with Crippen molar-refractivity contribution in [3.05, 3.63) is 134 Å². The molecule has 0 N–H and O–H groups in total. The summed E-state index contributed by atoms with van der Waals surface area (Å²) in [6.45, 7) is 0. The van der Waals surface area contributed by atoms with Crippen LogP contribution in [-0.2, 0) is 0 Å². The van der Waals surface area contributed by atoms with Crippen molar-refractivity contribution in [2.24, 2.45) is 0 Å². The van der Waals surface area contributed by atoms with Crippen molar-refractivity contribution in [2.45, 2.75) is 0 Å². The van der Waals surface area contributed by atoms with E-state index in [0.717, 1.165) is 33.0 Å². The van der Waals surface area contributed by atoms with E-state index in [4.69, 9.17) is 4.42 Å². The summed E-state index contributed by atoms with van der Waals surface area (Å²) in [5, 5.41) is 4.66. The van der Waals surface area contributed by atoms with E-state index in [-0.39, 0.29) is 0 Å². The summed E-state index contributed by atoms with van der Waals surface area (Å²) in [6, 6.07) is 43.6. The van der Waals surface area contributed by atoms with Gasteiger partial charge in [-0.25, -0.2) is 0 Å². The van der Waals surface area contributed by atoms with Crippen molar-refractivity contribution >= 4 is 85.2 Å². The van der Waals surface area contributed by atoms with Crippen molar-refractivity contribution in [1.29, 1.82) is 0 Å². The van der Waals surface area contributed by atoms with Crippen molar-refractivity contribution in [1.82, 2.24) is 9.97 Å². The molecule has 0 radical (unpaired) electrons. The molecule has 0 aliphatic rings. The first-order chi connectivity index (χ1) is 22.2. The van der Waals surface area contributed by atoms with Crippen molar-refractivity contribution in [3.8, 4) is 33.4 Å². The molecule has 0 saturated carbocycles. The lowest BCUT2D eigenvalue weighted by Crippen LogP contribution is -1.82. The average molecular weight is 611 g/mol. The highest BCUT2D eigenvalue weighted by Gasteiger charge is 2.13. The summed E-state index contributed by atoms with van der Waals surface area (Å²) >= 11 is 3.59. The van der Waals surface area contributed by atoms with E-state index in [1.54, 1.807) is 22.7 Å². The first kappa shape index (κ1) is 25.0. The van der Waals surface area contributed by atoms with E-state index in [0.29, 0.717) is 0 Å². The number of hydrogen-bond donors (Lipinski definition) is 0. The lowest BCUT2D eigenvalue weighted by Gasteiger charge is -2.07. The molecule has 0 saturated heterocycles. The van der Waals surface area contributed by atoms with E-state index in [2.05, 4.69) is 119 Å². The summed E-state index contributed by atoms with van der Waals surface area (Å²) in [5.41, 5.74) is 11.0. The van der Waals surface area contributed by atoms with Gasteiger partial charge in [0.1, 0.15) is 11.2 Å². The molecule has 0 amide bonds. The SMILES string of the molecule is c1cc(-c2ccc3oc4ccc(-c5ccc6sc7cccnc7c6c5)cc4c3c2)cc(-c2ccc3sc4cccnc4c3c2)c1. The van der Waals surface area contributed by atoms with Gasteiger partial charge in [0.15, 0.2) is 0 Å².